The molecule has 0 spiro atoms. The molecule has 1 N–H and O–H groups in total. The van der Waals surface area contributed by atoms with Crippen molar-refractivity contribution in [2.45, 2.75) is 6.61 Å². The van der Waals surface area contributed by atoms with E-state index < -0.39 is 11.2 Å². The molecule has 0 aliphatic heterocycles. The van der Waals surface area contributed by atoms with Crippen molar-refractivity contribution in [3.8, 4) is 5.75 Å². The minimum atomic E-state index is -0.630. The summed E-state index contributed by atoms with van der Waals surface area (Å²) >= 11 is 0. The van der Waals surface area contributed by atoms with Gasteiger partial charge in [-0.05, 0) is 42.0 Å². The highest BCUT2D eigenvalue weighted by Crippen LogP contribution is 2.18. The van der Waals surface area contributed by atoms with E-state index in [9.17, 15) is 14.0 Å². The summed E-state index contributed by atoms with van der Waals surface area (Å²) < 4.78 is 19.6. The van der Waals surface area contributed by atoms with Gasteiger partial charge in [0.15, 0.2) is 0 Å². The quantitative estimate of drug-likeness (QED) is 0.532. The van der Waals surface area contributed by atoms with Crippen molar-refractivity contribution in [1.82, 2.24) is 9.66 Å². The number of ether oxygens (including phenoxy) is 1. The van der Waals surface area contributed by atoms with Gasteiger partial charge in [-0.15, -0.1) is 4.68 Å². The van der Waals surface area contributed by atoms with Gasteiger partial charge in [0.2, 0.25) is 0 Å². The van der Waals surface area contributed by atoms with Crippen LogP contribution < -0.4 is 16.0 Å². The molecule has 0 saturated heterocycles. The van der Waals surface area contributed by atoms with Crippen molar-refractivity contribution in [1.29, 1.82) is 0 Å². The van der Waals surface area contributed by atoms with Crippen LogP contribution in [-0.2, 0) is 6.61 Å². The molecule has 0 atom stereocenters. The van der Waals surface area contributed by atoms with Gasteiger partial charge in [-0.25, -0.2) is 9.18 Å². The molecule has 7 heteroatoms. The van der Waals surface area contributed by atoms with E-state index in [0.717, 1.165) is 10.2 Å². The van der Waals surface area contributed by atoms with Gasteiger partial charge in [-0.2, -0.15) is 5.10 Å². The molecule has 4 aromatic rings. The van der Waals surface area contributed by atoms with Gasteiger partial charge in [0.25, 0.3) is 5.56 Å². The molecule has 0 radical (unpaired) electrons. The van der Waals surface area contributed by atoms with Crippen LogP contribution in [0.5, 0.6) is 5.75 Å². The number of aromatic nitrogens is 2. The van der Waals surface area contributed by atoms with Crippen LogP contribution in [-0.4, -0.2) is 15.9 Å². The van der Waals surface area contributed by atoms with Gasteiger partial charge >= 0.3 is 5.69 Å². The molecular weight excluding hydrogens is 373 g/mol. The predicted molar refractivity (Wildman–Crippen MR) is 109 cm³/mol. The van der Waals surface area contributed by atoms with Crippen LogP contribution in [0.3, 0.4) is 0 Å². The summed E-state index contributed by atoms with van der Waals surface area (Å²) in [5.74, 6) is 0.207. The van der Waals surface area contributed by atoms with Gasteiger partial charge in [0.05, 0.1) is 17.1 Å². The third-order valence-electron chi connectivity index (χ3n) is 4.32. The molecule has 0 aliphatic carbocycles. The molecule has 0 amide bonds. The minimum Gasteiger partial charge on any atom is -0.488 e. The summed E-state index contributed by atoms with van der Waals surface area (Å²) in [6, 6.07) is 19.8. The summed E-state index contributed by atoms with van der Waals surface area (Å²) in [6.45, 7) is 0.238. The lowest BCUT2D eigenvalue weighted by Gasteiger charge is -2.09. The molecule has 1 heterocycles. The second-order valence-electron chi connectivity index (χ2n) is 6.29. The number of para-hydroxylation sites is 2. The van der Waals surface area contributed by atoms with Crippen molar-refractivity contribution in [3.63, 3.8) is 0 Å². The van der Waals surface area contributed by atoms with Crippen molar-refractivity contribution in [2.75, 3.05) is 0 Å². The summed E-state index contributed by atoms with van der Waals surface area (Å²) in [6.07, 6.45) is 1.39. The number of nitrogens with one attached hydrogen (secondary N) is 1. The first kappa shape index (κ1) is 18.4. The fourth-order valence-electron chi connectivity index (χ4n) is 2.84. The van der Waals surface area contributed by atoms with Crippen LogP contribution in [0.4, 0.5) is 4.39 Å². The molecule has 29 heavy (non-hydrogen) atoms. The average molecular weight is 389 g/mol. The molecule has 6 nitrogen and oxygen atoms in total. The second-order valence-corrected chi connectivity index (χ2v) is 6.29. The molecule has 4 rings (SSSR count). The van der Waals surface area contributed by atoms with Crippen LogP contribution in [0, 0.1) is 5.82 Å². The SMILES string of the molecule is O=c1[nH]c2ccccc2c(=O)n1N=Cc1ccccc1OCc1ccc(F)cc1. The third-order valence-corrected chi connectivity index (χ3v) is 4.32. The Morgan fingerprint density at radius 2 is 1.69 bits per heavy atom. The lowest BCUT2D eigenvalue weighted by Crippen LogP contribution is -2.32. The van der Waals surface area contributed by atoms with Crippen molar-refractivity contribution < 1.29 is 9.13 Å². The van der Waals surface area contributed by atoms with Gasteiger partial charge in [0, 0.05) is 5.56 Å². The highest BCUT2D eigenvalue weighted by molar-refractivity contribution is 5.83. The molecule has 3 aromatic carbocycles. The monoisotopic (exact) mass is 389 g/mol. The van der Waals surface area contributed by atoms with Gasteiger partial charge in [0.1, 0.15) is 18.2 Å². The number of hydrogen-bond donors (Lipinski definition) is 1. The summed E-state index contributed by atoms with van der Waals surface area (Å²) in [4.78, 5) is 27.4. The van der Waals surface area contributed by atoms with Crippen LogP contribution in [0.1, 0.15) is 11.1 Å². The molecule has 0 bridgehead atoms. The zero-order chi connectivity index (χ0) is 20.2. The van der Waals surface area contributed by atoms with Gasteiger partial charge in [-0.1, -0.05) is 36.4 Å². The Bertz CT molecular complexity index is 1310. The second kappa shape index (κ2) is 7.93. The maximum atomic E-state index is 13.0. The Balaban J connectivity index is 1.63. The van der Waals surface area contributed by atoms with E-state index >= 15 is 0 Å². The Morgan fingerprint density at radius 3 is 2.52 bits per heavy atom. The summed E-state index contributed by atoms with van der Waals surface area (Å²) in [5.41, 5.74) is 0.714. The number of aromatic amines is 1. The predicted octanol–water partition coefficient (Wildman–Crippen LogP) is 3.29. The molecule has 1 aromatic heterocycles. The number of H-pyrrole nitrogens is 1. The molecule has 0 unspecified atom stereocenters. The molecule has 144 valence electrons. The van der Waals surface area contributed by atoms with Gasteiger partial charge < -0.3 is 9.72 Å². The fraction of sp³-hybridized carbons (Fsp3) is 0.0455. The van der Waals surface area contributed by atoms with E-state index in [4.69, 9.17) is 4.74 Å². The van der Waals surface area contributed by atoms with E-state index in [1.165, 1.54) is 18.3 Å². The maximum absolute atomic E-state index is 13.0. The summed E-state index contributed by atoms with van der Waals surface area (Å²) in [7, 11) is 0. The average Bonchev–Trinajstić information content (AvgIpc) is 2.74. The molecule has 0 saturated carbocycles. The first-order chi connectivity index (χ1) is 14.1. The highest BCUT2D eigenvalue weighted by Gasteiger charge is 2.07. The van der Waals surface area contributed by atoms with E-state index in [-0.39, 0.29) is 12.4 Å². The minimum absolute atomic E-state index is 0.238. The van der Waals surface area contributed by atoms with Crippen LogP contribution in [0.15, 0.2) is 87.5 Å². The number of hydrogen-bond acceptors (Lipinski definition) is 4. The Kier molecular flexibility index (Phi) is 5.03. The molecule has 0 aliphatic rings. The highest BCUT2D eigenvalue weighted by atomic mass is 19.1. The maximum Gasteiger partial charge on any atom is 0.349 e. The Morgan fingerprint density at radius 1 is 0.966 bits per heavy atom. The lowest BCUT2D eigenvalue weighted by molar-refractivity contribution is 0.305. The number of halogens is 1. The number of fused-ring (bicyclic) bond motifs is 1. The number of rotatable bonds is 5. The zero-order valence-corrected chi connectivity index (χ0v) is 15.2. The van der Waals surface area contributed by atoms with Crippen molar-refractivity contribution in [2.24, 2.45) is 5.10 Å². The number of benzene rings is 3. The zero-order valence-electron chi connectivity index (χ0n) is 15.2. The fourth-order valence-corrected chi connectivity index (χ4v) is 2.84. The van der Waals surface area contributed by atoms with E-state index in [0.29, 0.717) is 22.2 Å². The standard InChI is InChI=1S/C22H16FN3O3/c23-17-11-9-15(10-12-17)14-29-20-8-4-1-5-16(20)13-24-26-21(27)18-6-2-3-7-19(18)25-22(26)28/h1-13H,14H2,(H,25,28). The van der Waals surface area contributed by atoms with E-state index in [1.807, 2.05) is 0 Å². The van der Waals surface area contributed by atoms with Gasteiger partial charge in [-0.3, -0.25) is 4.79 Å². The van der Waals surface area contributed by atoms with Crippen LogP contribution in [0.2, 0.25) is 0 Å². The first-order valence-electron chi connectivity index (χ1n) is 8.86. The summed E-state index contributed by atoms with van der Waals surface area (Å²) in [5, 5.41) is 4.42. The largest absolute Gasteiger partial charge is 0.488 e. The normalized spacial score (nSPS) is 11.2. The van der Waals surface area contributed by atoms with Crippen LogP contribution in [0.25, 0.3) is 10.9 Å². The van der Waals surface area contributed by atoms with E-state index in [1.54, 1.807) is 60.7 Å². The van der Waals surface area contributed by atoms with Crippen LogP contribution >= 0.6 is 0 Å². The molecular formula is C22H16FN3O3. The van der Waals surface area contributed by atoms with Crippen molar-refractivity contribution >= 4 is 17.1 Å². The third kappa shape index (κ3) is 3.98. The Labute approximate surface area is 164 Å². The number of nitrogens with zero attached hydrogens (tertiary/aromatic N) is 2. The first-order valence-corrected chi connectivity index (χ1v) is 8.86. The smallest absolute Gasteiger partial charge is 0.349 e. The van der Waals surface area contributed by atoms with E-state index in [2.05, 4.69) is 10.1 Å². The topological polar surface area (TPSA) is 76.5 Å². The van der Waals surface area contributed by atoms with Crippen molar-refractivity contribution in [3.05, 3.63) is 111 Å². The lowest BCUT2D eigenvalue weighted by atomic mass is 10.2. The Hall–Kier alpha value is -4.00. The molecule has 0 fully saturated rings.